The van der Waals surface area contributed by atoms with Crippen molar-refractivity contribution in [2.75, 3.05) is 0 Å². The Kier molecular flexibility index (Phi) is 6.73. The summed E-state index contributed by atoms with van der Waals surface area (Å²) in [4.78, 5) is 13.0. The Labute approximate surface area is 178 Å². The highest BCUT2D eigenvalue weighted by Crippen LogP contribution is 2.32. The van der Waals surface area contributed by atoms with Gasteiger partial charge < -0.3 is 4.74 Å². The van der Waals surface area contributed by atoms with Crippen molar-refractivity contribution in [1.82, 2.24) is 0 Å². The Morgan fingerprint density at radius 1 is 0.867 bits per heavy atom. The second-order valence-electron chi connectivity index (χ2n) is 7.55. The van der Waals surface area contributed by atoms with Crippen LogP contribution < -0.4 is 0 Å². The number of ether oxygens (including phenoxy) is 1. The molecular weight excluding hydrogens is 396 g/mol. The average Bonchev–Trinajstić information content (AvgIpc) is 2.79. The third-order valence-corrected chi connectivity index (χ3v) is 7.84. The van der Waals surface area contributed by atoms with Gasteiger partial charge in [-0.2, -0.15) is 0 Å². The van der Waals surface area contributed by atoms with Crippen molar-refractivity contribution in [3.63, 3.8) is 0 Å². The zero-order valence-corrected chi connectivity index (χ0v) is 18.0. The quantitative estimate of drug-likeness (QED) is 0.474. The van der Waals surface area contributed by atoms with Crippen LogP contribution in [-0.2, 0) is 21.0 Å². The van der Waals surface area contributed by atoms with Crippen molar-refractivity contribution in [2.24, 2.45) is 0 Å². The first-order chi connectivity index (χ1) is 14.3. The van der Waals surface area contributed by atoms with Gasteiger partial charge in [-0.25, -0.2) is 13.2 Å². The van der Waals surface area contributed by atoms with Gasteiger partial charge in [-0.05, 0) is 56.5 Å². The number of aryl methyl sites for hydroxylation is 1. The van der Waals surface area contributed by atoms with E-state index >= 15 is 0 Å². The van der Waals surface area contributed by atoms with Gasteiger partial charge >= 0.3 is 5.97 Å². The molecule has 0 saturated heterocycles. The molecule has 0 radical (unpaired) electrons. The van der Waals surface area contributed by atoms with E-state index < -0.39 is 26.7 Å². The van der Waals surface area contributed by atoms with Crippen LogP contribution in [0.3, 0.4) is 0 Å². The minimum Gasteiger partial charge on any atom is -0.454 e. The van der Waals surface area contributed by atoms with E-state index in [1.165, 1.54) is 0 Å². The van der Waals surface area contributed by atoms with Crippen LogP contribution in [0, 0.1) is 0 Å². The molecule has 156 valence electrons. The molecule has 0 aliphatic heterocycles. The number of benzene rings is 3. The summed E-state index contributed by atoms with van der Waals surface area (Å²) in [5.74, 6) is -0.527. The molecule has 0 aliphatic carbocycles. The summed E-state index contributed by atoms with van der Waals surface area (Å²) < 4.78 is 32.5. The van der Waals surface area contributed by atoms with Gasteiger partial charge in [0.05, 0.1) is 10.5 Å². The van der Waals surface area contributed by atoms with E-state index in [1.807, 2.05) is 36.4 Å². The summed E-state index contributed by atoms with van der Waals surface area (Å²) >= 11 is 0. The summed E-state index contributed by atoms with van der Waals surface area (Å²) in [5, 5.41) is -0.927. The van der Waals surface area contributed by atoms with E-state index in [1.54, 1.807) is 68.4 Å². The lowest BCUT2D eigenvalue weighted by Gasteiger charge is -2.35. The molecular formula is C25H26O4S. The second kappa shape index (κ2) is 9.26. The van der Waals surface area contributed by atoms with Crippen LogP contribution >= 0.6 is 0 Å². The van der Waals surface area contributed by atoms with Crippen molar-refractivity contribution < 1.29 is 17.9 Å². The Balaban J connectivity index is 1.92. The summed E-state index contributed by atoms with van der Waals surface area (Å²) in [6.45, 7) is 3.33. The minimum absolute atomic E-state index is 0.221. The lowest BCUT2D eigenvalue weighted by atomic mass is 9.93. The van der Waals surface area contributed by atoms with Crippen LogP contribution in [0.5, 0.6) is 0 Å². The van der Waals surface area contributed by atoms with Crippen molar-refractivity contribution in [2.45, 2.75) is 42.4 Å². The number of sulfone groups is 1. The molecule has 0 saturated carbocycles. The fourth-order valence-electron chi connectivity index (χ4n) is 3.36. The Morgan fingerprint density at radius 3 is 1.93 bits per heavy atom. The van der Waals surface area contributed by atoms with Crippen molar-refractivity contribution >= 4 is 15.8 Å². The van der Waals surface area contributed by atoms with Crippen LogP contribution in [0.2, 0.25) is 0 Å². The molecule has 30 heavy (non-hydrogen) atoms. The molecule has 0 heterocycles. The molecule has 0 unspecified atom stereocenters. The fourth-order valence-corrected chi connectivity index (χ4v) is 5.13. The van der Waals surface area contributed by atoms with E-state index in [-0.39, 0.29) is 4.90 Å². The standard InChI is InChI=1S/C25H26O4S/c1-20(30(27,28)23-16-10-5-11-17-23)25(2,19-18-21-12-6-3-7-13-21)29-24(26)22-14-8-4-9-15-22/h3-17,20H,18-19H2,1-2H3/t20-,25+/m1/s1. The molecule has 3 aromatic rings. The summed E-state index contributed by atoms with van der Waals surface area (Å²) in [6, 6.07) is 26.7. The van der Waals surface area contributed by atoms with Crippen molar-refractivity contribution in [3.05, 3.63) is 102 Å². The minimum atomic E-state index is -3.71. The highest BCUT2D eigenvalue weighted by Gasteiger charge is 2.43. The molecule has 0 N–H and O–H groups in total. The van der Waals surface area contributed by atoms with Crippen molar-refractivity contribution in [1.29, 1.82) is 0 Å². The maximum absolute atomic E-state index is 13.3. The first-order valence-corrected chi connectivity index (χ1v) is 11.5. The molecule has 2 atom stereocenters. The van der Waals surface area contributed by atoms with Gasteiger partial charge in [-0.15, -0.1) is 0 Å². The van der Waals surface area contributed by atoms with E-state index in [4.69, 9.17) is 4.74 Å². The van der Waals surface area contributed by atoms with Gasteiger partial charge in [0.1, 0.15) is 10.9 Å². The smallest absolute Gasteiger partial charge is 0.338 e. The number of rotatable bonds is 8. The molecule has 3 rings (SSSR count). The van der Waals surface area contributed by atoms with Crippen LogP contribution in [-0.4, -0.2) is 25.2 Å². The number of hydrogen-bond acceptors (Lipinski definition) is 4. The predicted octanol–water partition coefficient (Wildman–Crippen LogP) is 5.10. The Bertz CT molecular complexity index is 1060. The van der Waals surface area contributed by atoms with Gasteiger partial charge in [0.2, 0.25) is 0 Å². The van der Waals surface area contributed by atoms with Crippen LogP contribution in [0.25, 0.3) is 0 Å². The molecule has 3 aromatic carbocycles. The highest BCUT2D eigenvalue weighted by atomic mass is 32.2. The van der Waals surface area contributed by atoms with E-state index in [0.717, 1.165) is 5.56 Å². The first kappa shape index (κ1) is 21.8. The van der Waals surface area contributed by atoms with Gasteiger partial charge in [0.15, 0.2) is 9.84 Å². The lowest BCUT2D eigenvalue weighted by Crippen LogP contribution is -2.46. The number of hydrogen-bond donors (Lipinski definition) is 0. The van der Waals surface area contributed by atoms with Gasteiger partial charge in [0, 0.05) is 0 Å². The van der Waals surface area contributed by atoms with Gasteiger partial charge in [-0.3, -0.25) is 0 Å². The molecule has 0 amide bonds. The van der Waals surface area contributed by atoms with Crippen LogP contribution in [0.1, 0.15) is 36.2 Å². The zero-order valence-electron chi connectivity index (χ0n) is 17.2. The fraction of sp³-hybridized carbons (Fsp3) is 0.240. The largest absolute Gasteiger partial charge is 0.454 e. The third-order valence-electron chi connectivity index (χ3n) is 5.49. The first-order valence-electron chi connectivity index (χ1n) is 9.94. The number of carbonyl (C=O) groups is 1. The van der Waals surface area contributed by atoms with Gasteiger partial charge in [0.25, 0.3) is 0 Å². The highest BCUT2D eigenvalue weighted by molar-refractivity contribution is 7.92. The maximum atomic E-state index is 13.3. The lowest BCUT2D eigenvalue weighted by molar-refractivity contribution is -0.0134. The van der Waals surface area contributed by atoms with E-state index in [0.29, 0.717) is 18.4 Å². The predicted molar refractivity (Wildman–Crippen MR) is 118 cm³/mol. The Morgan fingerprint density at radius 2 is 1.37 bits per heavy atom. The molecule has 0 spiro atoms. The van der Waals surface area contributed by atoms with Crippen molar-refractivity contribution in [3.8, 4) is 0 Å². The molecule has 5 heteroatoms. The monoisotopic (exact) mass is 422 g/mol. The van der Waals surface area contributed by atoms with Gasteiger partial charge in [-0.1, -0.05) is 66.7 Å². The molecule has 0 aliphatic rings. The zero-order chi connectivity index (χ0) is 21.6. The summed E-state index contributed by atoms with van der Waals surface area (Å²) in [6.07, 6.45) is 0.969. The van der Waals surface area contributed by atoms with Crippen LogP contribution in [0.4, 0.5) is 0 Å². The van der Waals surface area contributed by atoms with Crippen LogP contribution in [0.15, 0.2) is 95.9 Å². The maximum Gasteiger partial charge on any atom is 0.338 e. The summed E-state index contributed by atoms with van der Waals surface area (Å²) in [7, 11) is -3.71. The number of carbonyl (C=O) groups excluding carboxylic acids is 1. The average molecular weight is 423 g/mol. The Hall–Kier alpha value is -2.92. The number of esters is 1. The SMILES string of the molecule is C[C@H]([C@](C)(CCc1ccccc1)OC(=O)c1ccccc1)S(=O)(=O)c1ccccc1. The molecule has 0 bridgehead atoms. The molecule has 0 aromatic heterocycles. The third kappa shape index (κ3) is 4.97. The molecule has 0 fully saturated rings. The topological polar surface area (TPSA) is 60.4 Å². The second-order valence-corrected chi connectivity index (χ2v) is 9.82. The van der Waals surface area contributed by atoms with E-state index in [2.05, 4.69) is 0 Å². The normalized spacial score (nSPS) is 14.5. The molecule has 4 nitrogen and oxygen atoms in total. The van der Waals surface area contributed by atoms with E-state index in [9.17, 15) is 13.2 Å². The summed E-state index contributed by atoms with van der Waals surface area (Å²) in [5.41, 5.74) is 0.244.